The summed E-state index contributed by atoms with van der Waals surface area (Å²) in [6, 6.07) is 0.112. The van der Waals surface area contributed by atoms with Crippen LogP contribution in [0.3, 0.4) is 0 Å². The maximum atomic E-state index is 5.41. The first-order valence-corrected chi connectivity index (χ1v) is 12.4. The van der Waals surface area contributed by atoms with E-state index in [0.29, 0.717) is 18.5 Å². The Hall–Kier alpha value is -2.57. The highest BCUT2D eigenvalue weighted by molar-refractivity contribution is 6.83. The second kappa shape index (κ2) is 8.41. The molecule has 0 spiro atoms. The van der Waals surface area contributed by atoms with E-state index in [-0.39, 0.29) is 6.04 Å². The number of nitrogens with zero attached hydrogens (tertiary/aromatic N) is 7. The molecule has 1 aliphatic rings. The van der Waals surface area contributed by atoms with E-state index in [9.17, 15) is 0 Å². The normalized spacial score (nSPS) is 17.4. The Morgan fingerprint density at radius 1 is 1.07 bits per heavy atom. The maximum Gasteiger partial charge on any atom is 0.228 e. The second-order valence-electron chi connectivity index (χ2n) is 7.46. The summed E-state index contributed by atoms with van der Waals surface area (Å²) < 4.78 is 5.41. The van der Waals surface area contributed by atoms with E-state index in [1.165, 1.54) is 12.7 Å². The van der Waals surface area contributed by atoms with Gasteiger partial charge in [-0.2, -0.15) is 0 Å². The van der Waals surface area contributed by atoms with Crippen LogP contribution in [0.15, 0.2) is 25.0 Å². The third kappa shape index (κ3) is 5.21. The fourth-order valence-electron chi connectivity index (χ4n) is 2.83. The third-order valence-corrected chi connectivity index (χ3v) is 4.96. The van der Waals surface area contributed by atoms with E-state index in [0.717, 1.165) is 25.2 Å². The second-order valence-corrected chi connectivity index (χ2v) is 12.2. The zero-order chi connectivity index (χ0) is 19.3. The van der Waals surface area contributed by atoms with Crippen molar-refractivity contribution in [2.24, 2.45) is 0 Å². The molecule has 3 heterocycles. The molecule has 1 aliphatic heterocycles. The zero-order valence-corrected chi connectivity index (χ0v) is 17.3. The number of ether oxygens (including phenoxy) is 1. The molecule has 0 bridgehead atoms. The lowest BCUT2D eigenvalue weighted by Gasteiger charge is -2.40. The summed E-state index contributed by atoms with van der Waals surface area (Å²) in [6.07, 6.45) is 6.64. The first-order valence-electron chi connectivity index (χ1n) is 8.94. The first-order chi connectivity index (χ1) is 13.0. The van der Waals surface area contributed by atoms with E-state index in [1.807, 2.05) is 0 Å². The smallest absolute Gasteiger partial charge is 0.228 e. The van der Waals surface area contributed by atoms with Crippen molar-refractivity contribution in [2.45, 2.75) is 25.7 Å². The summed E-state index contributed by atoms with van der Waals surface area (Å²) in [4.78, 5) is 25.8. The molecule has 0 aromatic carbocycles. The molecule has 0 N–H and O–H groups in total. The van der Waals surface area contributed by atoms with Gasteiger partial charge in [-0.25, -0.2) is 24.9 Å². The molecular formula is C18H25N7OSi. The molecule has 2 aromatic rings. The molecule has 9 heteroatoms. The number of hydrogen-bond acceptors (Lipinski definition) is 8. The quantitative estimate of drug-likeness (QED) is 0.576. The van der Waals surface area contributed by atoms with Crippen LogP contribution in [0.25, 0.3) is 0 Å². The minimum absolute atomic E-state index is 0.112. The molecule has 142 valence electrons. The van der Waals surface area contributed by atoms with Crippen LogP contribution in [0.1, 0.15) is 5.56 Å². The van der Waals surface area contributed by atoms with Gasteiger partial charge in [0.25, 0.3) is 0 Å². The van der Waals surface area contributed by atoms with E-state index in [2.05, 4.69) is 65.8 Å². The van der Waals surface area contributed by atoms with E-state index >= 15 is 0 Å². The maximum absolute atomic E-state index is 5.41. The van der Waals surface area contributed by atoms with Gasteiger partial charge in [0.2, 0.25) is 11.9 Å². The monoisotopic (exact) mass is 383 g/mol. The van der Waals surface area contributed by atoms with Crippen molar-refractivity contribution in [2.75, 3.05) is 43.2 Å². The van der Waals surface area contributed by atoms with Gasteiger partial charge in [-0.3, -0.25) is 0 Å². The van der Waals surface area contributed by atoms with Crippen molar-refractivity contribution in [3.05, 3.63) is 30.6 Å². The standard InChI is InChI=1S/C18H25N7OSi/c1-26-12-16-11-24(6-7-25(16)18-22-13-19-14-23-18)17-20-9-15(10-21-17)5-8-27(2,3)4/h9-10,13-14,16H,6-7,11-12H2,1-4H3/t16-/m1/s1. The highest BCUT2D eigenvalue weighted by Gasteiger charge is 2.29. The van der Waals surface area contributed by atoms with Crippen LogP contribution < -0.4 is 9.80 Å². The van der Waals surface area contributed by atoms with Gasteiger partial charge in [-0.05, 0) is 0 Å². The van der Waals surface area contributed by atoms with Crippen LogP contribution in [-0.2, 0) is 4.74 Å². The van der Waals surface area contributed by atoms with Crippen molar-refractivity contribution in [3.63, 3.8) is 0 Å². The van der Waals surface area contributed by atoms with Gasteiger partial charge in [0, 0.05) is 39.1 Å². The molecule has 3 rings (SSSR count). The van der Waals surface area contributed by atoms with Crippen molar-refractivity contribution < 1.29 is 4.74 Å². The van der Waals surface area contributed by atoms with Gasteiger partial charge < -0.3 is 14.5 Å². The topological polar surface area (TPSA) is 80.2 Å². The highest BCUT2D eigenvalue weighted by atomic mass is 28.3. The molecule has 1 fully saturated rings. The van der Waals surface area contributed by atoms with Gasteiger partial charge in [0.15, 0.2) is 0 Å². The van der Waals surface area contributed by atoms with Crippen LogP contribution in [0, 0.1) is 11.5 Å². The summed E-state index contributed by atoms with van der Waals surface area (Å²) in [6.45, 7) is 9.51. The largest absolute Gasteiger partial charge is 0.382 e. The van der Waals surface area contributed by atoms with Gasteiger partial charge >= 0.3 is 0 Å². The summed E-state index contributed by atoms with van der Waals surface area (Å²) in [5.74, 6) is 4.57. The van der Waals surface area contributed by atoms with E-state index < -0.39 is 8.07 Å². The predicted molar refractivity (Wildman–Crippen MR) is 107 cm³/mol. The molecule has 0 radical (unpaired) electrons. The summed E-state index contributed by atoms with van der Waals surface area (Å²) in [7, 11) is 0.295. The molecule has 2 aromatic heterocycles. The lowest BCUT2D eigenvalue weighted by Crippen LogP contribution is -2.56. The Balaban J connectivity index is 1.72. The molecule has 27 heavy (non-hydrogen) atoms. The van der Waals surface area contributed by atoms with Crippen LogP contribution in [0.5, 0.6) is 0 Å². The van der Waals surface area contributed by atoms with Crippen molar-refractivity contribution >= 4 is 20.0 Å². The zero-order valence-electron chi connectivity index (χ0n) is 16.3. The number of piperazine rings is 1. The molecule has 1 saturated heterocycles. The van der Waals surface area contributed by atoms with Gasteiger partial charge in [0.05, 0.1) is 18.2 Å². The van der Waals surface area contributed by atoms with Crippen molar-refractivity contribution in [1.82, 2.24) is 24.9 Å². The fourth-order valence-corrected chi connectivity index (χ4v) is 3.34. The minimum atomic E-state index is -1.41. The summed E-state index contributed by atoms with van der Waals surface area (Å²) >= 11 is 0. The molecule has 0 amide bonds. The van der Waals surface area contributed by atoms with Crippen LogP contribution in [-0.4, -0.2) is 72.4 Å². The average molecular weight is 384 g/mol. The number of hydrogen-bond donors (Lipinski definition) is 0. The lowest BCUT2D eigenvalue weighted by molar-refractivity contribution is 0.173. The number of methoxy groups -OCH3 is 1. The molecule has 1 atom stereocenters. The van der Waals surface area contributed by atoms with Crippen molar-refractivity contribution in [3.8, 4) is 11.5 Å². The van der Waals surface area contributed by atoms with Crippen LogP contribution in [0.4, 0.5) is 11.9 Å². The average Bonchev–Trinajstić information content (AvgIpc) is 2.67. The predicted octanol–water partition coefficient (Wildman–Crippen LogP) is 1.23. The van der Waals surface area contributed by atoms with Gasteiger partial charge in [-0.15, -0.1) is 5.54 Å². The van der Waals surface area contributed by atoms with Gasteiger partial charge in [0.1, 0.15) is 20.7 Å². The highest BCUT2D eigenvalue weighted by Crippen LogP contribution is 2.19. The Labute approximate surface area is 161 Å². The van der Waals surface area contributed by atoms with E-state index in [1.54, 1.807) is 19.5 Å². The molecule has 0 unspecified atom stereocenters. The molecule has 0 saturated carbocycles. The SMILES string of the molecule is COC[C@H]1CN(c2ncc(C#C[Si](C)(C)C)cn2)CCN1c1ncncn1. The first kappa shape index (κ1) is 19.2. The van der Waals surface area contributed by atoms with Crippen LogP contribution in [0.2, 0.25) is 19.6 Å². The third-order valence-electron chi connectivity index (χ3n) is 4.08. The number of rotatable bonds is 4. The Bertz CT molecular complexity index is 798. The lowest BCUT2D eigenvalue weighted by atomic mass is 10.2. The summed E-state index contributed by atoms with van der Waals surface area (Å²) in [5, 5.41) is 0. The fraction of sp³-hybridized carbons (Fsp3) is 0.500. The molecular weight excluding hydrogens is 358 g/mol. The Morgan fingerprint density at radius 2 is 1.78 bits per heavy atom. The molecule has 8 nitrogen and oxygen atoms in total. The summed E-state index contributed by atoms with van der Waals surface area (Å²) in [5.41, 5.74) is 4.20. The number of aromatic nitrogens is 5. The van der Waals surface area contributed by atoms with E-state index in [4.69, 9.17) is 4.74 Å². The Kier molecular flexibility index (Phi) is 5.98. The number of anilines is 2. The van der Waals surface area contributed by atoms with Gasteiger partial charge in [-0.1, -0.05) is 25.6 Å². The Morgan fingerprint density at radius 3 is 2.41 bits per heavy atom. The minimum Gasteiger partial charge on any atom is -0.382 e. The van der Waals surface area contributed by atoms with Crippen molar-refractivity contribution in [1.29, 1.82) is 0 Å². The molecule has 0 aliphatic carbocycles. The van der Waals surface area contributed by atoms with Crippen LogP contribution >= 0.6 is 0 Å².